The van der Waals surface area contributed by atoms with Gasteiger partial charge in [0.15, 0.2) is 12.4 Å². The van der Waals surface area contributed by atoms with Crippen molar-refractivity contribution in [3.05, 3.63) is 53.6 Å². The van der Waals surface area contributed by atoms with E-state index in [-0.39, 0.29) is 19.0 Å². The van der Waals surface area contributed by atoms with E-state index < -0.39 is 0 Å². The van der Waals surface area contributed by atoms with Crippen LogP contribution in [0.4, 0.5) is 0 Å². The number of carbonyl (C=O) groups excluding carboxylic acids is 1. The predicted molar refractivity (Wildman–Crippen MR) is 81.3 cm³/mol. The van der Waals surface area contributed by atoms with E-state index in [9.17, 15) is 9.90 Å². The first-order valence-corrected chi connectivity index (χ1v) is 6.68. The van der Waals surface area contributed by atoms with Crippen molar-refractivity contribution in [3.63, 3.8) is 0 Å². The minimum absolute atomic E-state index is 0.0898. The molecule has 2 rings (SSSR count). The highest BCUT2D eigenvalue weighted by molar-refractivity contribution is 5.96. The molecular weight excluding hydrogens is 268 g/mol. The van der Waals surface area contributed by atoms with Gasteiger partial charge in [0.1, 0.15) is 18.1 Å². The smallest absolute Gasteiger partial charge is 0.195 e. The van der Waals surface area contributed by atoms with Gasteiger partial charge < -0.3 is 14.6 Å². The molecule has 0 bridgehead atoms. The molecule has 0 atom stereocenters. The van der Waals surface area contributed by atoms with Gasteiger partial charge in [-0.05, 0) is 36.8 Å². The molecule has 0 radical (unpaired) electrons. The summed E-state index contributed by atoms with van der Waals surface area (Å²) in [6.45, 7) is 5.52. The zero-order valence-corrected chi connectivity index (χ0v) is 12.0. The maximum Gasteiger partial charge on any atom is 0.195 e. The molecule has 0 amide bonds. The fraction of sp³-hybridized carbons (Fsp3) is 0.235. The zero-order chi connectivity index (χ0) is 15.2. The van der Waals surface area contributed by atoms with Crippen LogP contribution in [0.2, 0.25) is 0 Å². The Hall–Kier alpha value is -2.33. The Bertz CT molecular complexity index is 611. The van der Waals surface area contributed by atoms with Crippen LogP contribution in [0.1, 0.15) is 18.1 Å². The largest absolute Gasteiger partial charge is 0.489 e. The van der Waals surface area contributed by atoms with Gasteiger partial charge in [0.25, 0.3) is 0 Å². The quantitative estimate of drug-likeness (QED) is 0.645. The number of ether oxygens (including phenoxy) is 2. The van der Waals surface area contributed by atoms with Gasteiger partial charge in [0, 0.05) is 5.56 Å². The highest BCUT2D eigenvalue weighted by Crippen LogP contribution is 2.35. The molecule has 1 heterocycles. The maximum atomic E-state index is 11.9. The Balaban J connectivity index is 2.23. The van der Waals surface area contributed by atoms with Crippen molar-refractivity contribution in [3.8, 4) is 11.5 Å². The number of fused-ring (bicyclic) bond motifs is 1. The van der Waals surface area contributed by atoms with Gasteiger partial charge in [-0.2, -0.15) is 0 Å². The topological polar surface area (TPSA) is 55.8 Å². The predicted octanol–water partition coefficient (Wildman–Crippen LogP) is 2.66. The van der Waals surface area contributed by atoms with Gasteiger partial charge in [-0.25, -0.2) is 0 Å². The summed E-state index contributed by atoms with van der Waals surface area (Å²) in [5.74, 6) is 1.05. The molecular formula is C17H18O4. The number of ketones is 1. The van der Waals surface area contributed by atoms with Crippen molar-refractivity contribution in [1.29, 1.82) is 0 Å². The molecule has 21 heavy (non-hydrogen) atoms. The molecule has 0 unspecified atom stereocenters. The van der Waals surface area contributed by atoms with Crippen LogP contribution >= 0.6 is 0 Å². The number of carbonyl (C=O) groups is 1. The van der Waals surface area contributed by atoms with Crippen LogP contribution in [0.15, 0.2) is 42.5 Å². The summed E-state index contributed by atoms with van der Waals surface area (Å²) in [4.78, 5) is 11.9. The van der Waals surface area contributed by atoms with Gasteiger partial charge in [-0.3, -0.25) is 4.79 Å². The van der Waals surface area contributed by atoms with Crippen LogP contribution in [0.25, 0.3) is 6.08 Å². The molecule has 1 aromatic rings. The van der Waals surface area contributed by atoms with Crippen molar-refractivity contribution < 1.29 is 19.4 Å². The number of allylic oxidation sites excluding steroid dienone is 2. The van der Waals surface area contributed by atoms with Crippen molar-refractivity contribution in [1.82, 2.24) is 0 Å². The molecule has 1 N–H and O–H groups in total. The first-order valence-electron chi connectivity index (χ1n) is 6.68. The Labute approximate surface area is 124 Å². The van der Waals surface area contributed by atoms with Gasteiger partial charge in [0.2, 0.25) is 0 Å². The summed E-state index contributed by atoms with van der Waals surface area (Å²) < 4.78 is 11.1. The molecule has 0 spiro atoms. The van der Waals surface area contributed by atoms with E-state index in [0.29, 0.717) is 29.2 Å². The summed E-state index contributed by atoms with van der Waals surface area (Å²) in [6, 6.07) is 3.53. The second-order valence-electron chi connectivity index (χ2n) is 4.63. The number of Topliss-reactive ketones (excluding diaryl/α,β-unsaturated/α-hetero) is 1. The van der Waals surface area contributed by atoms with E-state index in [1.54, 1.807) is 31.2 Å². The summed E-state index contributed by atoms with van der Waals surface area (Å²) in [6.07, 6.45) is 6.95. The Kier molecular flexibility index (Phi) is 4.95. The van der Waals surface area contributed by atoms with Crippen molar-refractivity contribution >= 4 is 11.9 Å². The number of rotatable bonds is 6. The first-order chi connectivity index (χ1) is 10.2. The molecule has 4 nitrogen and oxygen atoms in total. The normalized spacial score (nSPS) is 13.3. The van der Waals surface area contributed by atoms with E-state index in [4.69, 9.17) is 9.47 Å². The average Bonchev–Trinajstić information content (AvgIpc) is 2.52. The van der Waals surface area contributed by atoms with Crippen LogP contribution in [0.3, 0.4) is 0 Å². The van der Waals surface area contributed by atoms with Crippen LogP contribution in [0, 0.1) is 0 Å². The minimum Gasteiger partial charge on any atom is -0.489 e. The van der Waals surface area contributed by atoms with Gasteiger partial charge >= 0.3 is 0 Å². The lowest BCUT2D eigenvalue weighted by Gasteiger charge is -2.18. The molecule has 0 saturated carbocycles. The maximum absolute atomic E-state index is 11.9. The SMILES string of the molecule is C=C/C=C(\C)C(=O)COc1c(CO)ccc2c1C=CCO2. The van der Waals surface area contributed by atoms with Crippen LogP contribution in [-0.4, -0.2) is 24.1 Å². The third-order valence-corrected chi connectivity index (χ3v) is 3.18. The second-order valence-corrected chi connectivity index (χ2v) is 4.63. The molecule has 1 aliphatic rings. The summed E-state index contributed by atoms with van der Waals surface area (Å²) >= 11 is 0. The lowest BCUT2D eigenvalue weighted by Crippen LogP contribution is -2.14. The summed E-state index contributed by atoms with van der Waals surface area (Å²) in [5.41, 5.74) is 1.96. The molecule has 0 aliphatic carbocycles. The van der Waals surface area contributed by atoms with E-state index >= 15 is 0 Å². The van der Waals surface area contributed by atoms with E-state index in [0.717, 1.165) is 5.56 Å². The number of hydrogen-bond donors (Lipinski definition) is 1. The molecule has 4 heteroatoms. The Morgan fingerprint density at radius 3 is 3.05 bits per heavy atom. The van der Waals surface area contributed by atoms with Crippen LogP contribution in [0.5, 0.6) is 11.5 Å². The van der Waals surface area contributed by atoms with Crippen LogP contribution in [-0.2, 0) is 11.4 Å². The van der Waals surface area contributed by atoms with Gasteiger partial charge in [-0.15, -0.1) is 0 Å². The highest BCUT2D eigenvalue weighted by atomic mass is 16.5. The minimum atomic E-state index is -0.161. The molecule has 1 aromatic carbocycles. The van der Waals surface area contributed by atoms with Crippen molar-refractivity contribution in [2.45, 2.75) is 13.5 Å². The van der Waals surface area contributed by atoms with Crippen molar-refractivity contribution in [2.24, 2.45) is 0 Å². The molecule has 0 fully saturated rings. The third-order valence-electron chi connectivity index (χ3n) is 3.18. The van der Waals surface area contributed by atoms with E-state index in [1.165, 1.54) is 0 Å². The molecule has 0 saturated heterocycles. The molecule has 0 aromatic heterocycles. The van der Waals surface area contributed by atoms with Gasteiger partial charge in [0.05, 0.1) is 12.2 Å². The first kappa shape index (κ1) is 15.1. The fourth-order valence-corrected chi connectivity index (χ4v) is 2.03. The van der Waals surface area contributed by atoms with E-state index in [2.05, 4.69) is 6.58 Å². The lowest BCUT2D eigenvalue weighted by molar-refractivity contribution is -0.117. The number of hydrogen-bond acceptors (Lipinski definition) is 4. The standard InChI is InChI=1S/C17H18O4/c1-3-5-12(2)15(19)11-21-17-13(10-18)7-8-16-14(17)6-4-9-20-16/h3-8,18H,1,9-11H2,2H3/b12-5+. The fourth-order valence-electron chi connectivity index (χ4n) is 2.03. The number of aliphatic hydroxyl groups excluding tert-OH is 1. The zero-order valence-electron chi connectivity index (χ0n) is 12.0. The Morgan fingerprint density at radius 2 is 2.33 bits per heavy atom. The second kappa shape index (κ2) is 6.90. The van der Waals surface area contributed by atoms with Crippen LogP contribution < -0.4 is 9.47 Å². The molecule has 110 valence electrons. The highest BCUT2D eigenvalue weighted by Gasteiger charge is 2.17. The van der Waals surface area contributed by atoms with E-state index in [1.807, 2.05) is 12.2 Å². The Morgan fingerprint density at radius 1 is 1.52 bits per heavy atom. The molecule has 1 aliphatic heterocycles. The lowest BCUT2D eigenvalue weighted by atomic mass is 10.1. The monoisotopic (exact) mass is 286 g/mol. The number of benzene rings is 1. The average molecular weight is 286 g/mol. The summed E-state index contributed by atoms with van der Waals surface area (Å²) in [5, 5.41) is 9.42. The number of aliphatic hydroxyl groups is 1. The third kappa shape index (κ3) is 3.41. The van der Waals surface area contributed by atoms with Crippen molar-refractivity contribution in [2.75, 3.05) is 13.2 Å². The van der Waals surface area contributed by atoms with Gasteiger partial charge in [-0.1, -0.05) is 18.7 Å². The summed E-state index contributed by atoms with van der Waals surface area (Å²) in [7, 11) is 0.